The number of thiol groups is 1. The number of methoxy groups -OCH3 is 1. The van der Waals surface area contributed by atoms with Crippen LogP contribution in [-0.2, 0) is 32.2 Å². The van der Waals surface area contributed by atoms with E-state index in [1.165, 1.54) is 22.8 Å². The molecule has 2 heterocycles. The van der Waals surface area contributed by atoms with Gasteiger partial charge in [0.1, 0.15) is 34.0 Å². The van der Waals surface area contributed by atoms with Crippen molar-refractivity contribution in [3.05, 3.63) is 33.1 Å². The van der Waals surface area contributed by atoms with E-state index in [0.717, 1.165) is 23.9 Å². The molecule has 0 aromatic carbocycles. The molecule has 0 spiro atoms. The average molecular weight is 472 g/mol. The van der Waals surface area contributed by atoms with Gasteiger partial charge in [0.05, 0.1) is 0 Å². The lowest BCUT2D eigenvalue weighted by Gasteiger charge is -2.35. The minimum absolute atomic E-state index is 0.646. The van der Waals surface area contributed by atoms with Crippen molar-refractivity contribution >= 4 is 42.6 Å². The summed E-state index contributed by atoms with van der Waals surface area (Å²) in [4.78, 5) is 44.1. The number of phosphoric acid groups is 1. The third-order valence-electron chi connectivity index (χ3n) is 4.11. The van der Waals surface area contributed by atoms with Gasteiger partial charge in [-0.25, -0.2) is 13.9 Å². The van der Waals surface area contributed by atoms with E-state index in [-0.39, 0.29) is 0 Å². The molecule has 0 amide bonds. The van der Waals surface area contributed by atoms with Crippen molar-refractivity contribution in [2.24, 2.45) is 0 Å². The third kappa shape index (κ3) is 5.95. The molecule has 18 heteroatoms. The summed E-state index contributed by atoms with van der Waals surface area (Å²) < 4.78 is 50.8. The van der Waals surface area contributed by atoms with Crippen LogP contribution in [0.4, 0.5) is 0 Å². The van der Waals surface area contributed by atoms with E-state index in [9.17, 15) is 28.5 Å². The highest BCUT2D eigenvalue weighted by Gasteiger charge is 2.56. The number of H-pyrrole nitrogens is 1. The van der Waals surface area contributed by atoms with Crippen LogP contribution in [0.1, 0.15) is 6.23 Å². The van der Waals surface area contributed by atoms with E-state index >= 15 is 0 Å². The van der Waals surface area contributed by atoms with Gasteiger partial charge in [0, 0.05) is 31.9 Å². The van der Waals surface area contributed by atoms with Crippen molar-refractivity contribution in [2.45, 2.75) is 29.9 Å². The van der Waals surface area contributed by atoms with Crippen LogP contribution in [0.15, 0.2) is 21.9 Å². The molecule has 0 bridgehead atoms. The zero-order chi connectivity index (χ0) is 22.2. The van der Waals surface area contributed by atoms with Crippen LogP contribution < -0.4 is 11.2 Å². The van der Waals surface area contributed by atoms with Crippen LogP contribution in [0.5, 0.6) is 0 Å². The maximum Gasteiger partial charge on any atom is 0.468 e. The van der Waals surface area contributed by atoms with Crippen LogP contribution in [0, 0.1) is 0 Å². The van der Waals surface area contributed by atoms with E-state index in [2.05, 4.69) is 17.2 Å². The Morgan fingerprint density at radius 1 is 1.28 bits per heavy atom. The number of aromatic amines is 1. The van der Waals surface area contributed by atoms with Crippen LogP contribution in [0.3, 0.4) is 0 Å². The molecule has 5 unspecified atom stereocenters. The summed E-state index contributed by atoms with van der Waals surface area (Å²) in [6.07, 6.45) is -3.82. The lowest BCUT2D eigenvalue weighted by Crippen LogP contribution is -2.52. The molecule has 1 aromatic rings. The first kappa shape index (κ1) is 24.6. The first-order valence-electron chi connectivity index (χ1n) is 8.04. The summed E-state index contributed by atoms with van der Waals surface area (Å²) in [7, 11) is -0.0342. The Bertz CT molecular complexity index is 949. The van der Waals surface area contributed by atoms with Gasteiger partial charge in [-0.3, -0.25) is 23.4 Å². The number of rotatable bonds is 8. The van der Waals surface area contributed by atoms with Crippen LogP contribution >= 0.6 is 26.9 Å². The quantitative estimate of drug-likeness (QED) is 0.180. The van der Waals surface area contributed by atoms with Gasteiger partial charge in [0.15, 0.2) is 6.23 Å². The Morgan fingerprint density at radius 3 is 2.38 bits per heavy atom. The first-order valence-corrected chi connectivity index (χ1v) is 12.3. The molecule has 13 nitrogen and oxygen atoms in total. The van der Waals surface area contributed by atoms with E-state index in [1.807, 2.05) is 0 Å². The molecule has 1 aliphatic rings. The summed E-state index contributed by atoms with van der Waals surface area (Å²) in [5, 5.41) is -1.71. The van der Waals surface area contributed by atoms with Gasteiger partial charge >= 0.3 is 20.3 Å². The molecule has 162 valence electrons. The van der Waals surface area contributed by atoms with Crippen molar-refractivity contribution in [1.29, 1.82) is 0 Å². The van der Waals surface area contributed by atoms with Gasteiger partial charge in [0.25, 0.3) is 5.56 Å². The maximum atomic E-state index is 12.3. The predicted molar refractivity (Wildman–Crippen MR) is 107 cm³/mol. The topological polar surface area (TPSA) is 176 Å². The first-order chi connectivity index (χ1) is 13.2. The summed E-state index contributed by atoms with van der Waals surface area (Å²) >= 11 is 3.80. The largest absolute Gasteiger partial charge is 0.468 e. The number of aromatic nitrogens is 2. The highest BCUT2D eigenvalue weighted by Crippen LogP contribution is 2.56. The Labute approximate surface area is 171 Å². The Balaban J connectivity index is 2.54. The predicted octanol–water partition coefficient (Wildman–Crippen LogP) is -2.45. The molecule has 1 saturated heterocycles. The van der Waals surface area contributed by atoms with Gasteiger partial charge in [-0.2, -0.15) is 0 Å². The zero-order valence-electron chi connectivity index (χ0n) is 15.8. The molecule has 2 rings (SSSR count). The summed E-state index contributed by atoms with van der Waals surface area (Å²) in [6.45, 7) is -3.93. The van der Waals surface area contributed by atoms with Crippen LogP contribution in [0.2, 0.25) is 0 Å². The highest BCUT2D eigenvalue weighted by atomic mass is 32.7. The average Bonchev–Trinajstić information content (AvgIpc) is 2.91. The Morgan fingerprint density at radius 2 is 1.90 bits per heavy atom. The standard InChI is InChI=1S/C11H20B2N2O11P2S/c1-22-7-6(25-28(21,29)23-2)8(11(12,13)26-27(18,19)20)24-9(7)15-4-3-5(16)14-10(15)17/h3-4,6-9H,12-13H2,1-2H3,(H,21,29)(H,14,16,17)(H2,18,19,20). The molecule has 0 radical (unpaired) electrons. The SMILES string of the molecule is BC(B)(OP(=O)(O)O)C1OC(n2ccc(=O)[nH]c2=O)C(OC)C1OP(=O)(S)OC. The van der Waals surface area contributed by atoms with Crippen molar-refractivity contribution in [3.63, 3.8) is 0 Å². The van der Waals surface area contributed by atoms with E-state index < -0.39 is 55.8 Å². The number of hydrogen-bond acceptors (Lipinski definition) is 9. The van der Waals surface area contributed by atoms with Gasteiger partial charge < -0.3 is 23.8 Å². The number of nitrogens with one attached hydrogen (secondary N) is 1. The fourth-order valence-corrected chi connectivity index (χ4v) is 4.64. The van der Waals surface area contributed by atoms with Crippen LogP contribution in [0.25, 0.3) is 0 Å². The molecule has 1 fully saturated rings. The summed E-state index contributed by atoms with van der Waals surface area (Å²) in [5.74, 6) is 0. The molecule has 5 atom stereocenters. The lowest BCUT2D eigenvalue weighted by atomic mass is 9.61. The summed E-state index contributed by atoms with van der Waals surface area (Å²) in [6, 6.07) is 1.07. The normalized spacial score (nSPS) is 27.6. The second-order valence-electron chi connectivity index (χ2n) is 6.57. The van der Waals surface area contributed by atoms with Crippen molar-refractivity contribution in [3.8, 4) is 0 Å². The molecule has 29 heavy (non-hydrogen) atoms. The Hall–Kier alpha value is -0.660. The third-order valence-corrected chi connectivity index (χ3v) is 6.56. The molecule has 3 N–H and O–H groups in total. The van der Waals surface area contributed by atoms with Gasteiger partial charge in [0.2, 0.25) is 0 Å². The minimum atomic E-state index is -4.97. The Kier molecular flexibility index (Phi) is 7.50. The second-order valence-corrected chi connectivity index (χ2v) is 10.7. The summed E-state index contributed by atoms with van der Waals surface area (Å²) in [5.41, 5.74) is -1.48. The molecule has 1 aromatic heterocycles. The van der Waals surface area contributed by atoms with E-state index in [4.69, 9.17) is 23.0 Å². The molecular formula is C11H20B2N2O11P2S. The maximum absolute atomic E-state index is 12.3. The van der Waals surface area contributed by atoms with E-state index in [1.54, 1.807) is 0 Å². The van der Waals surface area contributed by atoms with Crippen molar-refractivity contribution < 1.29 is 42.0 Å². The van der Waals surface area contributed by atoms with Gasteiger partial charge in [-0.15, -0.1) is 0 Å². The zero-order valence-corrected chi connectivity index (χ0v) is 18.5. The number of hydrogen-bond donors (Lipinski definition) is 4. The monoisotopic (exact) mass is 472 g/mol. The lowest BCUT2D eigenvalue weighted by molar-refractivity contribution is -0.0772. The van der Waals surface area contributed by atoms with E-state index in [0.29, 0.717) is 0 Å². The molecule has 0 saturated carbocycles. The molecular weight excluding hydrogens is 452 g/mol. The highest BCUT2D eigenvalue weighted by molar-refractivity contribution is 8.44. The minimum Gasteiger partial charge on any atom is -0.374 e. The number of nitrogens with zero attached hydrogens (tertiary/aromatic N) is 1. The molecule has 1 aliphatic heterocycles. The van der Waals surface area contributed by atoms with Crippen molar-refractivity contribution in [2.75, 3.05) is 14.2 Å². The van der Waals surface area contributed by atoms with Crippen LogP contribution in [-0.4, -0.2) is 73.0 Å². The smallest absolute Gasteiger partial charge is 0.374 e. The fourth-order valence-electron chi connectivity index (χ4n) is 2.97. The van der Waals surface area contributed by atoms with Gasteiger partial charge in [-0.05, 0) is 0 Å². The second kappa shape index (κ2) is 8.83. The van der Waals surface area contributed by atoms with Gasteiger partial charge in [-0.1, -0.05) is 12.2 Å². The number of phosphoric ester groups is 1. The fraction of sp³-hybridized carbons (Fsp3) is 0.636. The number of ether oxygens (including phenoxy) is 2. The molecule has 0 aliphatic carbocycles. The van der Waals surface area contributed by atoms with Crippen molar-refractivity contribution in [1.82, 2.24) is 9.55 Å².